The van der Waals surface area contributed by atoms with E-state index in [4.69, 9.17) is 4.74 Å². The molecule has 0 heterocycles. The van der Waals surface area contributed by atoms with E-state index in [-0.39, 0.29) is 5.97 Å². The Morgan fingerprint density at radius 1 is 1.31 bits per heavy atom. The van der Waals surface area contributed by atoms with Crippen LogP contribution in [0.2, 0.25) is 0 Å². The first-order valence-electron chi connectivity index (χ1n) is 5.75. The Morgan fingerprint density at radius 2 is 2.12 bits per heavy atom. The van der Waals surface area contributed by atoms with Crippen LogP contribution in [-0.2, 0) is 4.74 Å². The number of ether oxygens (including phenoxy) is 1. The third-order valence-corrected chi connectivity index (χ3v) is 2.79. The van der Waals surface area contributed by atoms with Crippen LogP contribution >= 0.6 is 0 Å². The van der Waals surface area contributed by atoms with Crippen molar-refractivity contribution in [1.29, 1.82) is 0 Å². The molecule has 16 heavy (non-hydrogen) atoms. The van der Waals surface area contributed by atoms with Crippen LogP contribution in [-0.4, -0.2) is 12.6 Å². The van der Waals surface area contributed by atoms with Gasteiger partial charge < -0.3 is 4.74 Å². The molecule has 1 aliphatic carbocycles. The summed E-state index contributed by atoms with van der Waals surface area (Å²) in [6, 6.07) is 9.13. The minimum Gasteiger partial charge on any atom is -0.461 e. The van der Waals surface area contributed by atoms with Gasteiger partial charge in [-0.05, 0) is 31.4 Å². The van der Waals surface area contributed by atoms with Crippen molar-refractivity contribution in [3.8, 4) is 0 Å². The van der Waals surface area contributed by atoms with Crippen LogP contribution in [0.4, 0.5) is 0 Å². The molecule has 0 fully saturated rings. The standard InChI is InChI=1S/C14H16O2/c15-14(13-9-5-2-6-10-13)16-11-12-7-3-1-4-8-12/h2-3,5-7,9-10,12H,1,4,8,11H2/t12-/m0/s1. The van der Waals surface area contributed by atoms with E-state index < -0.39 is 0 Å². The van der Waals surface area contributed by atoms with Gasteiger partial charge in [0.05, 0.1) is 12.2 Å². The number of carbonyl (C=O) groups excluding carboxylic acids is 1. The number of rotatable bonds is 3. The molecule has 0 amide bonds. The van der Waals surface area contributed by atoms with E-state index in [1.807, 2.05) is 18.2 Å². The van der Waals surface area contributed by atoms with Crippen LogP contribution in [0.25, 0.3) is 0 Å². The van der Waals surface area contributed by atoms with Crippen molar-refractivity contribution in [2.24, 2.45) is 5.92 Å². The Bertz CT molecular complexity index is 368. The summed E-state index contributed by atoms with van der Waals surface area (Å²) in [5.74, 6) is 0.181. The number of benzene rings is 1. The second-order valence-electron chi connectivity index (χ2n) is 4.08. The average molecular weight is 216 g/mol. The summed E-state index contributed by atoms with van der Waals surface area (Å²) in [6.07, 6.45) is 7.80. The molecule has 0 spiro atoms. The molecule has 0 aliphatic heterocycles. The predicted molar refractivity (Wildman–Crippen MR) is 63.2 cm³/mol. The van der Waals surface area contributed by atoms with Gasteiger partial charge in [-0.2, -0.15) is 0 Å². The molecule has 84 valence electrons. The minimum atomic E-state index is -0.223. The maximum Gasteiger partial charge on any atom is 0.338 e. The molecule has 0 saturated carbocycles. The molecular weight excluding hydrogens is 200 g/mol. The molecular formula is C14H16O2. The van der Waals surface area contributed by atoms with Crippen LogP contribution in [0.15, 0.2) is 42.5 Å². The lowest BCUT2D eigenvalue weighted by atomic mass is 9.97. The summed E-state index contributed by atoms with van der Waals surface area (Å²) in [5.41, 5.74) is 0.627. The van der Waals surface area contributed by atoms with Crippen molar-refractivity contribution in [3.05, 3.63) is 48.0 Å². The van der Waals surface area contributed by atoms with Gasteiger partial charge in [0.15, 0.2) is 0 Å². The fourth-order valence-corrected chi connectivity index (χ4v) is 1.86. The average Bonchev–Trinajstić information content (AvgIpc) is 2.38. The lowest BCUT2D eigenvalue weighted by Crippen LogP contribution is -2.14. The summed E-state index contributed by atoms with van der Waals surface area (Å²) in [6.45, 7) is 0.504. The largest absolute Gasteiger partial charge is 0.461 e. The Kier molecular flexibility index (Phi) is 3.76. The van der Waals surface area contributed by atoms with E-state index in [9.17, 15) is 4.79 Å². The van der Waals surface area contributed by atoms with Gasteiger partial charge >= 0.3 is 5.97 Å². The molecule has 1 aromatic rings. The van der Waals surface area contributed by atoms with Crippen molar-refractivity contribution in [2.75, 3.05) is 6.61 Å². The van der Waals surface area contributed by atoms with E-state index in [1.165, 1.54) is 6.42 Å². The van der Waals surface area contributed by atoms with E-state index in [0.29, 0.717) is 18.1 Å². The van der Waals surface area contributed by atoms with Gasteiger partial charge in [0.1, 0.15) is 0 Å². The number of hydrogen-bond donors (Lipinski definition) is 0. The highest BCUT2D eigenvalue weighted by Gasteiger charge is 2.12. The fourth-order valence-electron chi connectivity index (χ4n) is 1.86. The second-order valence-corrected chi connectivity index (χ2v) is 4.08. The third-order valence-electron chi connectivity index (χ3n) is 2.79. The monoisotopic (exact) mass is 216 g/mol. The van der Waals surface area contributed by atoms with Crippen molar-refractivity contribution in [1.82, 2.24) is 0 Å². The quantitative estimate of drug-likeness (QED) is 0.573. The van der Waals surface area contributed by atoms with E-state index >= 15 is 0 Å². The van der Waals surface area contributed by atoms with Crippen molar-refractivity contribution in [2.45, 2.75) is 19.3 Å². The summed E-state index contributed by atoms with van der Waals surface area (Å²) >= 11 is 0. The molecule has 2 rings (SSSR count). The maximum absolute atomic E-state index is 11.6. The maximum atomic E-state index is 11.6. The highest BCUT2D eigenvalue weighted by Crippen LogP contribution is 2.17. The zero-order valence-corrected chi connectivity index (χ0v) is 9.26. The first-order valence-corrected chi connectivity index (χ1v) is 5.75. The van der Waals surface area contributed by atoms with Gasteiger partial charge in [-0.1, -0.05) is 30.4 Å². The van der Waals surface area contributed by atoms with Gasteiger partial charge in [-0.3, -0.25) is 0 Å². The van der Waals surface area contributed by atoms with Crippen molar-refractivity contribution >= 4 is 5.97 Å². The van der Waals surface area contributed by atoms with Gasteiger partial charge in [0.25, 0.3) is 0 Å². The minimum absolute atomic E-state index is 0.223. The normalized spacial score (nSPS) is 19.4. The summed E-state index contributed by atoms with van der Waals surface area (Å²) < 4.78 is 5.28. The van der Waals surface area contributed by atoms with Gasteiger partial charge in [-0.25, -0.2) is 4.79 Å². The Morgan fingerprint density at radius 3 is 2.81 bits per heavy atom. The number of esters is 1. The molecule has 0 saturated heterocycles. The molecule has 0 bridgehead atoms. The van der Waals surface area contributed by atoms with E-state index in [0.717, 1.165) is 12.8 Å². The Hall–Kier alpha value is -1.57. The number of carbonyl (C=O) groups is 1. The summed E-state index contributed by atoms with van der Waals surface area (Å²) in [7, 11) is 0. The zero-order valence-electron chi connectivity index (χ0n) is 9.26. The lowest BCUT2D eigenvalue weighted by Gasteiger charge is -2.15. The molecule has 2 heteroatoms. The van der Waals surface area contributed by atoms with Crippen LogP contribution in [0.1, 0.15) is 29.6 Å². The molecule has 1 atom stereocenters. The highest BCUT2D eigenvalue weighted by atomic mass is 16.5. The second kappa shape index (κ2) is 5.50. The topological polar surface area (TPSA) is 26.3 Å². The van der Waals surface area contributed by atoms with Crippen LogP contribution in [0, 0.1) is 5.92 Å². The molecule has 0 radical (unpaired) electrons. The first kappa shape index (κ1) is 10.9. The zero-order chi connectivity index (χ0) is 11.2. The fraction of sp³-hybridized carbons (Fsp3) is 0.357. The van der Waals surface area contributed by atoms with Crippen LogP contribution in [0.5, 0.6) is 0 Å². The van der Waals surface area contributed by atoms with Gasteiger partial charge in [-0.15, -0.1) is 0 Å². The van der Waals surface area contributed by atoms with Crippen LogP contribution < -0.4 is 0 Å². The highest BCUT2D eigenvalue weighted by molar-refractivity contribution is 5.89. The predicted octanol–water partition coefficient (Wildman–Crippen LogP) is 3.20. The lowest BCUT2D eigenvalue weighted by molar-refractivity contribution is 0.0457. The summed E-state index contributed by atoms with van der Waals surface area (Å²) in [5, 5.41) is 0. The van der Waals surface area contributed by atoms with E-state index in [1.54, 1.807) is 12.1 Å². The molecule has 0 N–H and O–H groups in total. The SMILES string of the molecule is O=C(OC[C@H]1C=CCCC1)c1ccccc1. The third kappa shape index (κ3) is 2.96. The molecule has 0 aromatic heterocycles. The molecule has 0 unspecified atom stereocenters. The molecule has 1 aliphatic rings. The Labute approximate surface area is 95.9 Å². The molecule has 1 aromatic carbocycles. The summed E-state index contributed by atoms with van der Waals surface area (Å²) in [4.78, 5) is 11.6. The molecule has 2 nitrogen and oxygen atoms in total. The number of hydrogen-bond acceptors (Lipinski definition) is 2. The number of allylic oxidation sites excluding steroid dienone is 1. The first-order chi connectivity index (χ1) is 7.86. The van der Waals surface area contributed by atoms with Gasteiger partial charge in [0.2, 0.25) is 0 Å². The van der Waals surface area contributed by atoms with Gasteiger partial charge in [0, 0.05) is 5.92 Å². The Balaban J connectivity index is 1.84. The van der Waals surface area contributed by atoms with Crippen molar-refractivity contribution < 1.29 is 9.53 Å². The van der Waals surface area contributed by atoms with E-state index in [2.05, 4.69) is 12.2 Å². The van der Waals surface area contributed by atoms with Crippen LogP contribution in [0.3, 0.4) is 0 Å². The van der Waals surface area contributed by atoms with Crippen molar-refractivity contribution in [3.63, 3.8) is 0 Å². The smallest absolute Gasteiger partial charge is 0.338 e.